The largest absolute Gasteiger partial charge is 0.326 e. The minimum Gasteiger partial charge on any atom is -0.326 e. The van der Waals surface area contributed by atoms with Gasteiger partial charge in [0.05, 0.1) is 0 Å². The van der Waals surface area contributed by atoms with E-state index < -0.39 is 11.6 Å². The minimum absolute atomic E-state index is 0. The molecular weight excluding hydrogens is 379 g/mol. The second-order valence-corrected chi connectivity index (χ2v) is 6.27. The molecule has 1 saturated heterocycles. The Morgan fingerprint density at radius 3 is 2.56 bits per heavy atom. The molecule has 1 heterocycles. The molecule has 27 heavy (non-hydrogen) atoms. The second-order valence-electron chi connectivity index (χ2n) is 6.27. The van der Waals surface area contributed by atoms with Gasteiger partial charge in [0.2, 0.25) is 5.91 Å². The highest BCUT2D eigenvalue weighted by atomic mass is 35.5. The summed E-state index contributed by atoms with van der Waals surface area (Å²) < 4.78 is 39.9. The van der Waals surface area contributed by atoms with Crippen molar-refractivity contribution in [3.05, 3.63) is 65.5 Å². The summed E-state index contributed by atoms with van der Waals surface area (Å²) >= 11 is 0. The Balaban J connectivity index is 0.00000261. The molecule has 2 aromatic rings. The molecule has 1 aliphatic rings. The van der Waals surface area contributed by atoms with Crippen LogP contribution in [0, 0.1) is 17.5 Å². The summed E-state index contributed by atoms with van der Waals surface area (Å²) in [4.78, 5) is 14.2. The zero-order valence-corrected chi connectivity index (χ0v) is 15.4. The van der Waals surface area contributed by atoms with E-state index in [0.717, 1.165) is 36.9 Å². The number of hydrogen-bond donors (Lipinski definition) is 2. The van der Waals surface area contributed by atoms with Crippen LogP contribution in [0.3, 0.4) is 0 Å². The van der Waals surface area contributed by atoms with E-state index in [-0.39, 0.29) is 42.3 Å². The number of amides is 1. The van der Waals surface area contributed by atoms with Crippen LogP contribution in [0.5, 0.6) is 0 Å². The first-order valence-corrected chi connectivity index (χ1v) is 8.47. The van der Waals surface area contributed by atoms with Crippen molar-refractivity contribution in [1.29, 1.82) is 0 Å². The third-order valence-electron chi connectivity index (χ3n) is 4.36. The summed E-state index contributed by atoms with van der Waals surface area (Å²) in [6, 6.07) is 9.30. The first-order chi connectivity index (χ1) is 12.5. The first kappa shape index (κ1) is 21.2. The Labute approximate surface area is 162 Å². The van der Waals surface area contributed by atoms with Crippen molar-refractivity contribution in [2.45, 2.75) is 12.5 Å². The van der Waals surface area contributed by atoms with E-state index in [1.807, 2.05) is 6.07 Å². The number of benzene rings is 2. The van der Waals surface area contributed by atoms with E-state index in [4.69, 9.17) is 0 Å². The lowest BCUT2D eigenvalue weighted by Gasteiger charge is -2.36. The number of nitrogens with zero attached hydrogens (tertiary/aromatic N) is 1. The summed E-state index contributed by atoms with van der Waals surface area (Å²) in [6.07, 6.45) is 0.171. The van der Waals surface area contributed by atoms with Gasteiger partial charge < -0.3 is 10.6 Å². The van der Waals surface area contributed by atoms with E-state index >= 15 is 0 Å². The maximum atomic E-state index is 13.5. The molecule has 1 atom stereocenters. The highest BCUT2D eigenvalue weighted by molar-refractivity contribution is 5.90. The van der Waals surface area contributed by atoms with E-state index in [1.54, 1.807) is 6.07 Å². The maximum Gasteiger partial charge on any atom is 0.225 e. The lowest BCUT2D eigenvalue weighted by molar-refractivity contribution is -0.116. The Hall–Kier alpha value is -2.09. The van der Waals surface area contributed by atoms with Crippen LogP contribution in [0.25, 0.3) is 0 Å². The van der Waals surface area contributed by atoms with Crippen molar-refractivity contribution in [1.82, 2.24) is 10.2 Å². The molecule has 1 aliphatic heterocycles. The fourth-order valence-electron chi connectivity index (χ4n) is 3.15. The lowest BCUT2D eigenvalue weighted by atomic mass is 10.0. The molecule has 1 unspecified atom stereocenters. The Morgan fingerprint density at radius 2 is 1.85 bits per heavy atom. The topological polar surface area (TPSA) is 44.4 Å². The van der Waals surface area contributed by atoms with Crippen LogP contribution in [-0.2, 0) is 4.79 Å². The molecule has 0 spiro atoms. The Bertz CT molecular complexity index is 770. The lowest BCUT2D eigenvalue weighted by Crippen LogP contribution is -2.46. The summed E-state index contributed by atoms with van der Waals surface area (Å²) in [5, 5.41) is 5.78. The molecule has 0 saturated carbocycles. The number of anilines is 1. The monoisotopic (exact) mass is 399 g/mol. The third kappa shape index (κ3) is 5.95. The van der Waals surface area contributed by atoms with Crippen molar-refractivity contribution in [2.24, 2.45) is 0 Å². The molecule has 3 rings (SSSR count). The van der Waals surface area contributed by atoms with Crippen LogP contribution in [0.15, 0.2) is 42.5 Å². The van der Waals surface area contributed by atoms with Crippen LogP contribution < -0.4 is 10.6 Å². The predicted octanol–water partition coefficient (Wildman–Crippen LogP) is 3.50. The highest BCUT2D eigenvalue weighted by Gasteiger charge is 2.24. The van der Waals surface area contributed by atoms with Crippen LogP contribution in [0.4, 0.5) is 18.9 Å². The van der Waals surface area contributed by atoms with Gasteiger partial charge in [-0.1, -0.05) is 12.1 Å². The van der Waals surface area contributed by atoms with Gasteiger partial charge in [-0.25, -0.2) is 13.2 Å². The van der Waals surface area contributed by atoms with Gasteiger partial charge >= 0.3 is 0 Å². The molecule has 1 amide bonds. The van der Waals surface area contributed by atoms with Crippen molar-refractivity contribution < 1.29 is 18.0 Å². The number of rotatable bonds is 5. The predicted molar refractivity (Wildman–Crippen MR) is 100 cm³/mol. The smallest absolute Gasteiger partial charge is 0.225 e. The average molecular weight is 400 g/mol. The zero-order valence-electron chi connectivity index (χ0n) is 14.6. The van der Waals surface area contributed by atoms with Crippen molar-refractivity contribution in [2.75, 3.05) is 31.5 Å². The number of carbonyl (C=O) groups is 1. The van der Waals surface area contributed by atoms with Gasteiger partial charge in [0, 0.05) is 50.4 Å². The zero-order chi connectivity index (χ0) is 18.5. The summed E-state index contributed by atoms with van der Waals surface area (Å²) in [5.74, 6) is -2.10. The van der Waals surface area contributed by atoms with Gasteiger partial charge in [-0.2, -0.15) is 0 Å². The van der Waals surface area contributed by atoms with Gasteiger partial charge in [-0.15, -0.1) is 12.4 Å². The molecule has 0 radical (unpaired) electrons. The quantitative estimate of drug-likeness (QED) is 0.808. The minimum atomic E-state index is -0.742. The molecule has 4 nitrogen and oxygen atoms in total. The van der Waals surface area contributed by atoms with Crippen LogP contribution in [0.1, 0.15) is 18.0 Å². The van der Waals surface area contributed by atoms with Gasteiger partial charge in [0.25, 0.3) is 0 Å². The average Bonchev–Trinajstić information content (AvgIpc) is 2.59. The molecule has 0 bridgehead atoms. The highest BCUT2D eigenvalue weighted by Crippen LogP contribution is 2.23. The normalized spacial score (nSPS) is 17.2. The Morgan fingerprint density at radius 1 is 1.11 bits per heavy atom. The molecule has 2 aromatic carbocycles. The van der Waals surface area contributed by atoms with Crippen molar-refractivity contribution in [3.8, 4) is 0 Å². The number of nitrogens with one attached hydrogen (secondary N) is 2. The van der Waals surface area contributed by atoms with E-state index in [2.05, 4.69) is 15.5 Å². The van der Waals surface area contributed by atoms with Gasteiger partial charge in [0.15, 0.2) is 0 Å². The van der Waals surface area contributed by atoms with Crippen LogP contribution >= 0.6 is 12.4 Å². The summed E-state index contributed by atoms with van der Waals surface area (Å²) in [7, 11) is 0. The molecule has 0 aliphatic carbocycles. The van der Waals surface area contributed by atoms with Crippen molar-refractivity contribution in [3.63, 3.8) is 0 Å². The Kier molecular flexibility index (Phi) is 7.65. The maximum absolute atomic E-state index is 13.5. The van der Waals surface area contributed by atoms with Crippen molar-refractivity contribution >= 4 is 24.0 Å². The standard InChI is InChI=1S/C19H20F3N3O.ClH/c20-14-3-1-2-13(8-14)18-12-23-5-7-25(18)6-4-19(26)24-17-10-15(21)9-16(22)11-17;/h1-3,8-11,18,23H,4-7,12H2,(H,24,26);1H. The fraction of sp³-hybridized carbons (Fsp3) is 0.316. The van der Waals surface area contributed by atoms with E-state index in [1.165, 1.54) is 12.1 Å². The van der Waals surface area contributed by atoms with Gasteiger partial charge in [-0.05, 0) is 29.8 Å². The summed E-state index contributed by atoms with van der Waals surface area (Å²) in [5.41, 5.74) is 0.944. The van der Waals surface area contributed by atoms with Gasteiger partial charge in [-0.3, -0.25) is 9.69 Å². The molecule has 146 valence electrons. The number of halogens is 4. The van der Waals surface area contributed by atoms with Crippen LogP contribution in [0.2, 0.25) is 0 Å². The number of carbonyl (C=O) groups excluding carboxylic acids is 1. The van der Waals surface area contributed by atoms with Crippen LogP contribution in [-0.4, -0.2) is 37.0 Å². The number of hydrogen-bond acceptors (Lipinski definition) is 3. The number of piperazine rings is 1. The molecule has 0 aromatic heterocycles. The first-order valence-electron chi connectivity index (χ1n) is 8.47. The fourth-order valence-corrected chi connectivity index (χ4v) is 3.15. The molecule has 1 fully saturated rings. The second kappa shape index (κ2) is 9.73. The third-order valence-corrected chi connectivity index (χ3v) is 4.36. The van der Waals surface area contributed by atoms with Gasteiger partial charge in [0.1, 0.15) is 17.5 Å². The van der Waals surface area contributed by atoms with E-state index in [9.17, 15) is 18.0 Å². The summed E-state index contributed by atoms with van der Waals surface area (Å²) in [6.45, 7) is 2.64. The molecule has 8 heteroatoms. The SMILES string of the molecule is Cl.O=C(CCN1CCNCC1c1cccc(F)c1)Nc1cc(F)cc(F)c1. The molecular formula is C19H21ClF3N3O. The molecule has 2 N–H and O–H groups in total. The van der Waals surface area contributed by atoms with E-state index in [0.29, 0.717) is 13.1 Å².